The largest absolute Gasteiger partial charge is 0.389 e. The third-order valence-corrected chi connectivity index (χ3v) is 2.26. The summed E-state index contributed by atoms with van der Waals surface area (Å²) in [4.78, 5) is 2.26. The van der Waals surface area contributed by atoms with E-state index in [2.05, 4.69) is 18.0 Å². The van der Waals surface area contributed by atoms with Crippen LogP contribution in [0.4, 0.5) is 0 Å². The lowest BCUT2D eigenvalue weighted by molar-refractivity contribution is 0.193. The summed E-state index contributed by atoms with van der Waals surface area (Å²) in [6.45, 7) is 4.10. The van der Waals surface area contributed by atoms with E-state index in [1.54, 1.807) is 0 Å². The fourth-order valence-electron chi connectivity index (χ4n) is 1.35. The lowest BCUT2D eigenvalue weighted by atomic mass is 10.0. The summed E-state index contributed by atoms with van der Waals surface area (Å²) in [6, 6.07) is 0. The van der Waals surface area contributed by atoms with Crippen LogP contribution in [0.25, 0.3) is 0 Å². The van der Waals surface area contributed by atoms with Crippen LogP contribution in [0, 0.1) is 0 Å². The Labute approximate surface area is 68.5 Å². The fourth-order valence-corrected chi connectivity index (χ4v) is 1.35. The number of nitrogens with zero attached hydrogens (tertiary/aromatic N) is 1. The van der Waals surface area contributed by atoms with E-state index < -0.39 is 0 Å². The lowest BCUT2D eigenvalue weighted by Gasteiger charge is -2.24. The highest BCUT2D eigenvalue weighted by molar-refractivity contribution is 5.11. The molecule has 0 aromatic heterocycles. The first kappa shape index (κ1) is 8.75. The van der Waals surface area contributed by atoms with Crippen molar-refractivity contribution in [2.75, 3.05) is 20.1 Å². The van der Waals surface area contributed by atoms with Gasteiger partial charge < -0.3 is 10.0 Å². The van der Waals surface area contributed by atoms with Gasteiger partial charge in [-0.05, 0) is 25.5 Å². The van der Waals surface area contributed by atoms with Crippen LogP contribution in [-0.4, -0.2) is 36.2 Å². The predicted molar refractivity (Wildman–Crippen MR) is 46.5 cm³/mol. The van der Waals surface area contributed by atoms with Crippen LogP contribution in [0.2, 0.25) is 0 Å². The Morgan fingerprint density at radius 1 is 1.73 bits per heavy atom. The van der Waals surface area contributed by atoms with E-state index in [4.69, 9.17) is 0 Å². The van der Waals surface area contributed by atoms with E-state index in [-0.39, 0.29) is 6.10 Å². The normalized spacial score (nSPS) is 23.0. The fraction of sp³-hybridized carbons (Fsp3) is 0.778. The van der Waals surface area contributed by atoms with E-state index in [0.717, 1.165) is 25.9 Å². The van der Waals surface area contributed by atoms with Crippen molar-refractivity contribution in [1.82, 2.24) is 4.90 Å². The summed E-state index contributed by atoms with van der Waals surface area (Å²) in [7, 11) is 2.10. The highest BCUT2D eigenvalue weighted by atomic mass is 16.3. The maximum Gasteiger partial charge on any atom is 0.0748 e. The highest BCUT2D eigenvalue weighted by Crippen LogP contribution is 2.14. The molecule has 1 rings (SSSR count). The first-order valence-electron chi connectivity index (χ1n) is 4.29. The third kappa shape index (κ3) is 2.31. The van der Waals surface area contributed by atoms with Gasteiger partial charge in [0.05, 0.1) is 6.10 Å². The zero-order valence-corrected chi connectivity index (χ0v) is 7.38. The number of aliphatic hydroxyl groups is 1. The highest BCUT2D eigenvalue weighted by Gasteiger charge is 2.12. The zero-order valence-electron chi connectivity index (χ0n) is 7.38. The van der Waals surface area contributed by atoms with Crippen molar-refractivity contribution in [2.24, 2.45) is 0 Å². The molecule has 0 saturated carbocycles. The van der Waals surface area contributed by atoms with Gasteiger partial charge >= 0.3 is 0 Å². The van der Waals surface area contributed by atoms with Crippen molar-refractivity contribution in [3.63, 3.8) is 0 Å². The molecule has 1 unspecified atom stereocenters. The molecular formula is C9H17NO. The maximum absolute atomic E-state index is 9.48. The average molecular weight is 155 g/mol. The Hall–Kier alpha value is -0.340. The second kappa shape index (κ2) is 3.88. The minimum Gasteiger partial charge on any atom is -0.389 e. The molecule has 0 radical (unpaired) electrons. The molecule has 0 amide bonds. The van der Waals surface area contributed by atoms with Gasteiger partial charge in [0, 0.05) is 13.1 Å². The molecule has 64 valence electrons. The van der Waals surface area contributed by atoms with E-state index in [9.17, 15) is 5.11 Å². The Kier molecular flexibility index (Phi) is 3.09. The van der Waals surface area contributed by atoms with E-state index in [1.165, 1.54) is 5.57 Å². The molecule has 0 bridgehead atoms. The van der Waals surface area contributed by atoms with E-state index >= 15 is 0 Å². The van der Waals surface area contributed by atoms with Gasteiger partial charge in [-0.3, -0.25) is 0 Å². The van der Waals surface area contributed by atoms with Crippen molar-refractivity contribution in [1.29, 1.82) is 0 Å². The van der Waals surface area contributed by atoms with Crippen LogP contribution in [-0.2, 0) is 0 Å². The minimum absolute atomic E-state index is 0.191. The average Bonchev–Trinajstić information content (AvgIpc) is 2.05. The van der Waals surface area contributed by atoms with Gasteiger partial charge in [0.1, 0.15) is 0 Å². The van der Waals surface area contributed by atoms with Gasteiger partial charge in [-0.25, -0.2) is 0 Å². The monoisotopic (exact) mass is 155 g/mol. The van der Waals surface area contributed by atoms with Gasteiger partial charge in [0.25, 0.3) is 0 Å². The summed E-state index contributed by atoms with van der Waals surface area (Å²) in [5, 5.41) is 9.48. The molecule has 1 atom stereocenters. The smallest absolute Gasteiger partial charge is 0.0748 e. The summed E-state index contributed by atoms with van der Waals surface area (Å²) in [6.07, 6.45) is 3.84. The van der Waals surface area contributed by atoms with Gasteiger partial charge in [0.15, 0.2) is 0 Å². The Balaban J connectivity index is 2.47. The standard InChI is InChI=1S/C9H17NO/c1-3-9(11)8-4-6-10(2)7-5-8/h4,9,11H,3,5-7H2,1-2H3. The van der Waals surface area contributed by atoms with Crippen LogP contribution >= 0.6 is 0 Å². The van der Waals surface area contributed by atoms with Crippen molar-refractivity contribution >= 4 is 0 Å². The van der Waals surface area contributed by atoms with Gasteiger partial charge in [-0.2, -0.15) is 0 Å². The molecule has 1 heterocycles. The van der Waals surface area contributed by atoms with Crippen LogP contribution in [0.5, 0.6) is 0 Å². The number of aliphatic hydroxyl groups excluding tert-OH is 1. The Bertz CT molecular complexity index is 154. The maximum atomic E-state index is 9.48. The predicted octanol–water partition coefficient (Wildman–Crippen LogP) is 1.02. The first-order chi connectivity index (χ1) is 5.24. The molecule has 0 fully saturated rings. The molecule has 11 heavy (non-hydrogen) atoms. The molecule has 0 aliphatic carbocycles. The second-order valence-corrected chi connectivity index (χ2v) is 3.22. The summed E-state index contributed by atoms with van der Waals surface area (Å²) < 4.78 is 0. The van der Waals surface area contributed by atoms with E-state index in [1.807, 2.05) is 6.92 Å². The van der Waals surface area contributed by atoms with E-state index in [0.29, 0.717) is 0 Å². The SMILES string of the molecule is CCC(O)C1=CCN(C)CC1. The van der Waals surface area contributed by atoms with Crippen molar-refractivity contribution in [3.05, 3.63) is 11.6 Å². The van der Waals surface area contributed by atoms with Crippen LogP contribution in [0.3, 0.4) is 0 Å². The number of likely N-dealkylation sites (N-methyl/N-ethyl adjacent to an activating group) is 1. The Morgan fingerprint density at radius 2 is 2.45 bits per heavy atom. The summed E-state index contributed by atoms with van der Waals surface area (Å²) in [5.41, 5.74) is 1.23. The van der Waals surface area contributed by atoms with Crippen molar-refractivity contribution in [3.8, 4) is 0 Å². The third-order valence-electron chi connectivity index (χ3n) is 2.26. The lowest BCUT2D eigenvalue weighted by Crippen LogP contribution is -2.27. The first-order valence-corrected chi connectivity index (χ1v) is 4.29. The van der Waals surface area contributed by atoms with Crippen molar-refractivity contribution < 1.29 is 5.11 Å². The summed E-state index contributed by atoms with van der Waals surface area (Å²) >= 11 is 0. The van der Waals surface area contributed by atoms with Crippen molar-refractivity contribution in [2.45, 2.75) is 25.9 Å². The van der Waals surface area contributed by atoms with Crippen LogP contribution < -0.4 is 0 Å². The molecule has 1 aliphatic rings. The van der Waals surface area contributed by atoms with Crippen LogP contribution in [0.1, 0.15) is 19.8 Å². The molecule has 0 spiro atoms. The molecular weight excluding hydrogens is 138 g/mol. The molecule has 2 nitrogen and oxygen atoms in total. The molecule has 2 heteroatoms. The quantitative estimate of drug-likeness (QED) is 0.602. The Morgan fingerprint density at radius 3 is 2.91 bits per heavy atom. The van der Waals surface area contributed by atoms with Gasteiger partial charge in [-0.15, -0.1) is 0 Å². The topological polar surface area (TPSA) is 23.5 Å². The molecule has 0 aromatic carbocycles. The van der Waals surface area contributed by atoms with Crippen LogP contribution in [0.15, 0.2) is 11.6 Å². The minimum atomic E-state index is -0.191. The molecule has 1 aliphatic heterocycles. The number of hydrogen-bond donors (Lipinski definition) is 1. The molecule has 0 saturated heterocycles. The molecule has 0 aromatic rings. The van der Waals surface area contributed by atoms with Gasteiger partial charge in [0.2, 0.25) is 0 Å². The number of rotatable bonds is 2. The number of hydrogen-bond acceptors (Lipinski definition) is 2. The van der Waals surface area contributed by atoms with Gasteiger partial charge in [-0.1, -0.05) is 13.0 Å². The zero-order chi connectivity index (χ0) is 8.27. The summed E-state index contributed by atoms with van der Waals surface area (Å²) in [5.74, 6) is 0. The molecule has 1 N–H and O–H groups in total. The second-order valence-electron chi connectivity index (χ2n) is 3.22.